The van der Waals surface area contributed by atoms with E-state index < -0.39 is 11.7 Å². The van der Waals surface area contributed by atoms with Gasteiger partial charge in [-0.05, 0) is 53.2 Å². The molecule has 0 atom stereocenters. The van der Waals surface area contributed by atoms with Gasteiger partial charge in [0.15, 0.2) is 5.17 Å². The molecule has 7 nitrogen and oxygen atoms in total. The number of hydrogen-bond donors (Lipinski definition) is 0. The molecular weight excluding hydrogens is 539 g/mol. The Morgan fingerprint density at radius 1 is 1.13 bits per heavy atom. The number of hydrogen-bond acceptors (Lipinski definition) is 6. The van der Waals surface area contributed by atoms with E-state index in [1.165, 1.54) is 28.6 Å². The van der Waals surface area contributed by atoms with Crippen LogP contribution in [0.1, 0.15) is 16.7 Å². The van der Waals surface area contributed by atoms with Crippen LogP contribution in [0.2, 0.25) is 5.02 Å². The van der Waals surface area contributed by atoms with Gasteiger partial charge in [0, 0.05) is 50.2 Å². The number of amides is 1. The second-order valence-corrected chi connectivity index (χ2v) is 10.5. The molecule has 0 N–H and O–H groups in total. The third-order valence-corrected chi connectivity index (χ3v) is 7.80. The van der Waals surface area contributed by atoms with Crippen molar-refractivity contribution in [3.05, 3.63) is 69.2 Å². The maximum absolute atomic E-state index is 13.5. The average Bonchev–Trinajstić information content (AvgIpc) is 3.46. The number of benzene rings is 2. The van der Waals surface area contributed by atoms with E-state index in [0.29, 0.717) is 22.2 Å². The normalized spacial score (nSPS) is 18.1. The first-order valence-electron chi connectivity index (χ1n) is 12.0. The minimum Gasteiger partial charge on any atom is -0.383 e. The van der Waals surface area contributed by atoms with E-state index >= 15 is 0 Å². The molecule has 0 aliphatic carbocycles. The fraction of sp³-hybridized carbons (Fsp3) is 0.346. The Hall–Kier alpha value is -2.86. The molecule has 0 spiro atoms. The molecule has 1 amide bonds. The van der Waals surface area contributed by atoms with Gasteiger partial charge in [0.2, 0.25) is 0 Å². The number of nitrogens with zero attached hydrogens (tertiary/aromatic N) is 5. The van der Waals surface area contributed by atoms with Gasteiger partial charge in [-0.25, -0.2) is 0 Å². The molecule has 200 valence electrons. The summed E-state index contributed by atoms with van der Waals surface area (Å²) in [4.78, 5) is 21.8. The summed E-state index contributed by atoms with van der Waals surface area (Å²) >= 11 is 7.17. The monoisotopic (exact) mass is 563 g/mol. The Morgan fingerprint density at radius 2 is 1.92 bits per heavy atom. The third-order valence-electron chi connectivity index (χ3n) is 6.52. The highest BCUT2D eigenvalue weighted by Gasteiger charge is 2.34. The molecule has 2 aliphatic rings. The van der Waals surface area contributed by atoms with E-state index in [1.54, 1.807) is 25.4 Å². The van der Waals surface area contributed by atoms with Crippen LogP contribution in [0.15, 0.2) is 52.5 Å². The van der Waals surface area contributed by atoms with Gasteiger partial charge in [-0.1, -0.05) is 23.7 Å². The molecule has 0 radical (unpaired) electrons. The Labute approximate surface area is 226 Å². The van der Waals surface area contributed by atoms with Crippen LogP contribution in [-0.4, -0.2) is 77.1 Å². The van der Waals surface area contributed by atoms with Gasteiger partial charge in [-0.2, -0.15) is 23.3 Å². The lowest BCUT2D eigenvalue weighted by Gasteiger charge is -2.35. The molecule has 0 saturated carbocycles. The number of aliphatic imine (C=N–C) groups is 1. The molecule has 1 aromatic heterocycles. The lowest BCUT2D eigenvalue weighted by atomic mass is 10.1. The van der Waals surface area contributed by atoms with E-state index in [4.69, 9.17) is 16.3 Å². The van der Waals surface area contributed by atoms with Crippen LogP contribution >= 0.6 is 23.4 Å². The first-order chi connectivity index (χ1) is 18.2. The van der Waals surface area contributed by atoms with Crippen LogP contribution in [0.3, 0.4) is 0 Å². The number of carbonyl (C=O) groups excluding carboxylic acids is 1. The number of alkyl halides is 3. The van der Waals surface area contributed by atoms with Crippen molar-refractivity contribution in [1.82, 2.24) is 19.6 Å². The molecule has 2 aromatic carbocycles. The molecule has 3 aromatic rings. The van der Waals surface area contributed by atoms with Gasteiger partial charge < -0.3 is 9.64 Å². The molecule has 12 heteroatoms. The van der Waals surface area contributed by atoms with E-state index in [-0.39, 0.29) is 23.0 Å². The SMILES string of the molecule is COCCN1CCN(C2=NC(=O)/C(=C/c3ccc4c(cnn4Cc4ccc(Cl)cc4C(F)(F)F)c3)S2)CC1. The van der Waals surface area contributed by atoms with Gasteiger partial charge in [-0.3, -0.25) is 14.4 Å². The van der Waals surface area contributed by atoms with Gasteiger partial charge in [-0.15, -0.1) is 0 Å². The average molecular weight is 564 g/mol. The zero-order chi connectivity index (χ0) is 26.9. The number of fused-ring (bicyclic) bond motifs is 1. The Kier molecular flexibility index (Phi) is 7.80. The maximum Gasteiger partial charge on any atom is 0.416 e. The highest BCUT2D eigenvalue weighted by atomic mass is 35.5. The second-order valence-electron chi connectivity index (χ2n) is 9.05. The predicted octanol–water partition coefficient (Wildman–Crippen LogP) is 4.99. The van der Waals surface area contributed by atoms with E-state index in [1.807, 2.05) is 12.1 Å². The lowest BCUT2D eigenvalue weighted by molar-refractivity contribution is -0.138. The number of amidine groups is 1. The summed E-state index contributed by atoms with van der Waals surface area (Å²) in [5.41, 5.74) is 0.773. The fourth-order valence-corrected chi connectivity index (χ4v) is 5.64. The summed E-state index contributed by atoms with van der Waals surface area (Å²) in [5.74, 6) is -0.273. The summed E-state index contributed by atoms with van der Waals surface area (Å²) in [7, 11) is 1.69. The smallest absolute Gasteiger partial charge is 0.383 e. The number of piperazine rings is 1. The number of methoxy groups -OCH3 is 1. The molecule has 1 fully saturated rings. The number of thioether (sulfide) groups is 1. The number of halogens is 4. The first kappa shape index (κ1) is 26.7. The van der Waals surface area contributed by atoms with Crippen molar-refractivity contribution in [1.29, 1.82) is 0 Å². The summed E-state index contributed by atoms with van der Waals surface area (Å²) in [5, 5.41) is 5.80. The van der Waals surface area contributed by atoms with E-state index in [9.17, 15) is 18.0 Å². The number of carbonyl (C=O) groups is 1. The maximum atomic E-state index is 13.5. The number of ether oxygens (including phenoxy) is 1. The van der Waals surface area contributed by atoms with Gasteiger partial charge in [0.25, 0.3) is 5.91 Å². The van der Waals surface area contributed by atoms with Gasteiger partial charge in [0.05, 0.1) is 35.3 Å². The van der Waals surface area contributed by atoms with Crippen molar-refractivity contribution < 1.29 is 22.7 Å². The number of rotatable bonds is 6. The van der Waals surface area contributed by atoms with Crippen molar-refractivity contribution >= 4 is 51.4 Å². The molecule has 0 bridgehead atoms. The zero-order valence-electron chi connectivity index (χ0n) is 20.5. The predicted molar refractivity (Wildman–Crippen MR) is 143 cm³/mol. The van der Waals surface area contributed by atoms with Crippen LogP contribution in [0.4, 0.5) is 13.2 Å². The summed E-state index contributed by atoms with van der Waals surface area (Å²) in [6.07, 6.45) is -1.13. The van der Waals surface area contributed by atoms with Crippen molar-refractivity contribution in [3.63, 3.8) is 0 Å². The van der Waals surface area contributed by atoms with E-state index in [2.05, 4.69) is 19.9 Å². The van der Waals surface area contributed by atoms with Crippen LogP contribution in [0, 0.1) is 0 Å². The Morgan fingerprint density at radius 3 is 2.66 bits per heavy atom. The molecular formula is C26H25ClF3N5O2S. The largest absolute Gasteiger partial charge is 0.416 e. The minimum absolute atomic E-state index is 0.0277. The van der Waals surface area contributed by atoms with Gasteiger partial charge in [0.1, 0.15) is 0 Å². The van der Waals surface area contributed by atoms with E-state index in [0.717, 1.165) is 49.7 Å². The third kappa shape index (κ3) is 5.90. The quantitative estimate of drug-likeness (QED) is 0.394. The second kappa shape index (κ2) is 11.1. The summed E-state index contributed by atoms with van der Waals surface area (Å²) < 4.78 is 47.2. The number of aromatic nitrogens is 2. The Bertz CT molecular complexity index is 1410. The van der Waals surface area contributed by atoms with Gasteiger partial charge >= 0.3 is 6.18 Å². The van der Waals surface area contributed by atoms with Crippen LogP contribution < -0.4 is 0 Å². The summed E-state index contributed by atoms with van der Waals surface area (Å²) in [6, 6.07) is 9.22. The van der Waals surface area contributed by atoms with Crippen molar-refractivity contribution in [2.75, 3.05) is 46.4 Å². The highest BCUT2D eigenvalue weighted by molar-refractivity contribution is 8.18. The van der Waals surface area contributed by atoms with Crippen LogP contribution in [0.5, 0.6) is 0 Å². The van der Waals surface area contributed by atoms with Crippen molar-refractivity contribution in [2.24, 2.45) is 4.99 Å². The Balaban J connectivity index is 1.29. The molecule has 5 rings (SSSR count). The lowest BCUT2D eigenvalue weighted by Crippen LogP contribution is -2.48. The highest BCUT2D eigenvalue weighted by Crippen LogP contribution is 2.35. The van der Waals surface area contributed by atoms with Crippen molar-refractivity contribution in [3.8, 4) is 0 Å². The first-order valence-corrected chi connectivity index (χ1v) is 13.2. The molecule has 2 aliphatic heterocycles. The molecule has 38 heavy (non-hydrogen) atoms. The van der Waals surface area contributed by atoms with Crippen LogP contribution in [-0.2, 0) is 22.3 Å². The topological polar surface area (TPSA) is 63.0 Å². The van der Waals surface area contributed by atoms with Crippen LogP contribution in [0.25, 0.3) is 17.0 Å². The zero-order valence-corrected chi connectivity index (χ0v) is 22.1. The van der Waals surface area contributed by atoms with Crippen molar-refractivity contribution in [2.45, 2.75) is 12.7 Å². The standard InChI is InChI=1S/C26H25ClF3N5O2S/c1-37-11-10-33-6-8-34(9-7-33)25-32-24(36)23(38-25)13-17-2-5-22-19(12-17)15-31-35(22)16-18-3-4-20(27)14-21(18)26(28,29)30/h2-5,12-15H,6-11,16H2,1H3/b23-13-. The molecule has 1 saturated heterocycles. The fourth-order valence-electron chi connectivity index (χ4n) is 4.50. The minimum atomic E-state index is -4.52. The summed E-state index contributed by atoms with van der Waals surface area (Å²) in [6.45, 7) is 4.89. The molecule has 3 heterocycles. The molecule has 0 unspecified atom stereocenters.